The molecule has 1 atom stereocenters. The fourth-order valence-corrected chi connectivity index (χ4v) is 4.41. The van der Waals surface area contributed by atoms with Gasteiger partial charge >= 0.3 is 0 Å². The molecule has 1 saturated heterocycles. The third kappa shape index (κ3) is 5.02. The highest BCUT2D eigenvalue weighted by molar-refractivity contribution is 5.94. The van der Waals surface area contributed by atoms with Crippen LogP contribution < -0.4 is 14.8 Å². The van der Waals surface area contributed by atoms with E-state index in [4.69, 9.17) is 14.0 Å². The van der Waals surface area contributed by atoms with Gasteiger partial charge in [0.05, 0.1) is 0 Å². The van der Waals surface area contributed by atoms with Crippen LogP contribution in [0.4, 0.5) is 5.82 Å². The maximum Gasteiger partial charge on any atom is 0.247 e. The summed E-state index contributed by atoms with van der Waals surface area (Å²) in [6.07, 6.45) is 0. The molecule has 8 heteroatoms. The minimum absolute atomic E-state index is 0.102. The fourth-order valence-electron chi connectivity index (χ4n) is 4.41. The van der Waals surface area contributed by atoms with Crippen LogP contribution in [0.1, 0.15) is 22.9 Å². The smallest absolute Gasteiger partial charge is 0.247 e. The summed E-state index contributed by atoms with van der Waals surface area (Å²) in [7, 11) is 0. The molecule has 3 heterocycles. The highest BCUT2D eigenvalue weighted by atomic mass is 16.6. The van der Waals surface area contributed by atoms with Gasteiger partial charge in [0.25, 0.3) is 0 Å². The third-order valence-corrected chi connectivity index (χ3v) is 6.03. The normalized spacial score (nSPS) is 17.5. The molecule has 33 heavy (non-hydrogen) atoms. The predicted octanol–water partition coefficient (Wildman–Crippen LogP) is 3.25. The van der Waals surface area contributed by atoms with Gasteiger partial charge < -0.3 is 19.3 Å². The maximum absolute atomic E-state index is 13.3. The van der Waals surface area contributed by atoms with Gasteiger partial charge in [0.1, 0.15) is 25.0 Å². The molecule has 8 nitrogen and oxygen atoms in total. The quantitative estimate of drug-likeness (QED) is 0.620. The van der Waals surface area contributed by atoms with Gasteiger partial charge in [0.2, 0.25) is 5.91 Å². The van der Waals surface area contributed by atoms with E-state index in [0.29, 0.717) is 24.8 Å². The first kappa shape index (κ1) is 21.5. The number of fused-ring (bicyclic) bond motifs is 1. The van der Waals surface area contributed by atoms with Gasteiger partial charge in [0.15, 0.2) is 17.3 Å². The third-order valence-electron chi connectivity index (χ3n) is 6.03. The van der Waals surface area contributed by atoms with Crippen LogP contribution in [-0.4, -0.2) is 60.3 Å². The second-order valence-electron chi connectivity index (χ2n) is 8.42. The molecule has 0 radical (unpaired) electrons. The Bertz CT molecular complexity index is 1090. The van der Waals surface area contributed by atoms with Crippen molar-refractivity contribution in [2.75, 3.05) is 44.7 Å². The van der Waals surface area contributed by atoms with E-state index in [-0.39, 0.29) is 11.9 Å². The van der Waals surface area contributed by atoms with Crippen LogP contribution in [0, 0.1) is 6.92 Å². The van der Waals surface area contributed by atoms with E-state index in [1.54, 1.807) is 13.0 Å². The minimum atomic E-state index is -0.389. The molecule has 3 aromatic rings. The molecule has 0 spiro atoms. The lowest BCUT2D eigenvalue weighted by Crippen LogP contribution is -2.49. The molecular weight excluding hydrogens is 420 g/mol. The first-order valence-electron chi connectivity index (χ1n) is 11.3. The Morgan fingerprint density at radius 3 is 2.48 bits per heavy atom. The molecule has 0 bridgehead atoms. The van der Waals surface area contributed by atoms with E-state index in [1.807, 2.05) is 36.4 Å². The molecule has 1 unspecified atom stereocenters. The van der Waals surface area contributed by atoms with Crippen molar-refractivity contribution >= 4 is 11.7 Å². The van der Waals surface area contributed by atoms with Crippen LogP contribution in [0.15, 0.2) is 59.1 Å². The number of anilines is 1. The largest absolute Gasteiger partial charge is 0.486 e. The number of aryl methyl sites for hydroxylation is 1. The number of ether oxygens (including phenoxy) is 2. The summed E-state index contributed by atoms with van der Waals surface area (Å²) in [6, 6.07) is 17.4. The van der Waals surface area contributed by atoms with E-state index < -0.39 is 0 Å². The molecule has 2 aliphatic heterocycles. The van der Waals surface area contributed by atoms with Crippen LogP contribution in [0.25, 0.3) is 0 Å². The van der Waals surface area contributed by atoms with Gasteiger partial charge in [-0.15, -0.1) is 0 Å². The van der Waals surface area contributed by atoms with Crippen LogP contribution in [-0.2, 0) is 11.3 Å². The molecule has 1 fully saturated rings. The van der Waals surface area contributed by atoms with Crippen LogP contribution >= 0.6 is 0 Å². The lowest BCUT2D eigenvalue weighted by Gasteiger charge is -2.38. The van der Waals surface area contributed by atoms with Gasteiger partial charge in [-0.25, -0.2) is 0 Å². The number of hydrogen-bond acceptors (Lipinski definition) is 7. The van der Waals surface area contributed by atoms with E-state index in [1.165, 1.54) is 5.56 Å². The Morgan fingerprint density at radius 2 is 1.76 bits per heavy atom. The Hall–Kier alpha value is -3.36. The Labute approximate surface area is 193 Å². The SMILES string of the molecule is Cc1cc(NC(=O)C(c2ccccc2)N2CCN(Cc3ccc4c(c3)OCCO4)CC2)no1. The molecule has 1 amide bonds. The zero-order chi connectivity index (χ0) is 22.6. The summed E-state index contributed by atoms with van der Waals surface area (Å²) in [6.45, 7) is 7.14. The van der Waals surface area contributed by atoms with E-state index in [0.717, 1.165) is 49.8 Å². The van der Waals surface area contributed by atoms with Gasteiger partial charge in [0, 0.05) is 38.8 Å². The van der Waals surface area contributed by atoms with Gasteiger partial charge in [-0.3, -0.25) is 14.6 Å². The topological polar surface area (TPSA) is 80.1 Å². The number of amides is 1. The zero-order valence-corrected chi connectivity index (χ0v) is 18.7. The van der Waals surface area contributed by atoms with E-state index >= 15 is 0 Å². The van der Waals surface area contributed by atoms with Gasteiger partial charge in [-0.05, 0) is 30.2 Å². The number of carbonyl (C=O) groups is 1. The lowest BCUT2D eigenvalue weighted by atomic mass is 10.0. The second-order valence-corrected chi connectivity index (χ2v) is 8.42. The molecule has 172 valence electrons. The first-order chi connectivity index (χ1) is 16.2. The van der Waals surface area contributed by atoms with Gasteiger partial charge in [-0.2, -0.15) is 0 Å². The number of nitrogens with zero attached hydrogens (tertiary/aromatic N) is 3. The van der Waals surface area contributed by atoms with Crippen LogP contribution in [0.5, 0.6) is 11.5 Å². The number of benzene rings is 2. The molecule has 1 N–H and O–H groups in total. The number of hydrogen-bond donors (Lipinski definition) is 1. The molecule has 2 aliphatic rings. The predicted molar refractivity (Wildman–Crippen MR) is 123 cm³/mol. The van der Waals surface area contributed by atoms with E-state index in [9.17, 15) is 4.79 Å². The zero-order valence-electron chi connectivity index (χ0n) is 18.7. The Balaban J connectivity index is 1.25. The standard InChI is InChI=1S/C25H28N4O4/c1-18-15-23(27-33-18)26-25(30)24(20-5-3-2-4-6-20)29-11-9-28(10-12-29)17-19-7-8-21-22(16-19)32-14-13-31-21/h2-8,15-16,24H,9-14,17H2,1H3,(H,26,27,30). The van der Waals surface area contributed by atoms with Gasteiger partial charge in [-0.1, -0.05) is 41.6 Å². The lowest BCUT2D eigenvalue weighted by molar-refractivity contribution is -0.122. The summed E-state index contributed by atoms with van der Waals surface area (Å²) in [4.78, 5) is 17.9. The van der Waals surface area contributed by atoms with Crippen molar-refractivity contribution in [3.63, 3.8) is 0 Å². The van der Waals surface area contributed by atoms with Crippen molar-refractivity contribution in [2.24, 2.45) is 0 Å². The number of piperazine rings is 1. The summed E-state index contributed by atoms with van der Waals surface area (Å²) >= 11 is 0. The van der Waals surface area contributed by atoms with E-state index in [2.05, 4.69) is 32.4 Å². The number of aromatic nitrogens is 1. The van der Waals surface area contributed by atoms with Crippen molar-refractivity contribution in [3.05, 3.63) is 71.5 Å². The van der Waals surface area contributed by atoms with Crippen molar-refractivity contribution < 1.29 is 18.8 Å². The number of rotatable bonds is 6. The molecule has 2 aromatic carbocycles. The minimum Gasteiger partial charge on any atom is -0.486 e. The average molecular weight is 449 g/mol. The van der Waals surface area contributed by atoms with Crippen LogP contribution in [0.3, 0.4) is 0 Å². The maximum atomic E-state index is 13.3. The highest BCUT2D eigenvalue weighted by Gasteiger charge is 2.31. The molecule has 1 aromatic heterocycles. The fraction of sp³-hybridized carbons (Fsp3) is 0.360. The van der Waals surface area contributed by atoms with Crippen molar-refractivity contribution in [1.82, 2.24) is 15.0 Å². The first-order valence-corrected chi connectivity index (χ1v) is 11.3. The summed E-state index contributed by atoms with van der Waals surface area (Å²) < 4.78 is 16.4. The summed E-state index contributed by atoms with van der Waals surface area (Å²) in [5, 5.41) is 6.83. The summed E-state index contributed by atoms with van der Waals surface area (Å²) in [5.74, 6) is 2.63. The molecule has 0 aliphatic carbocycles. The average Bonchev–Trinajstić information content (AvgIpc) is 3.25. The van der Waals surface area contributed by atoms with Crippen molar-refractivity contribution in [2.45, 2.75) is 19.5 Å². The van der Waals surface area contributed by atoms with Crippen molar-refractivity contribution in [3.8, 4) is 11.5 Å². The molecule has 5 rings (SSSR count). The monoisotopic (exact) mass is 448 g/mol. The number of nitrogens with one attached hydrogen (secondary N) is 1. The Morgan fingerprint density at radius 1 is 1.00 bits per heavy atom. The van der Waals surface area contributed by atoms with Crippen LogP contribution in [0.2, 0.25) is 0 Å². The van der Waals surface area contributed by atoms with Crippen molar-refractivity contribution in [1.29, 1.82) is 0 Å². The molecule has 0 saturated carbocycles. The second kappa shape index (κ2) is 9.64. The Kier molecular flexibility index (Phi) is 6.28. The highest BCUT2D eigenvalue weighted by Crippen LogP contribution is 2.31. The number of carbonyl (C=O) groups excluding carboxylic acids is 1. The summed E-state index contributed by atoms with van der Waals surface area (Å²) in [5.41, 5.74) is 2.17. The molecular formula is C25H28N4O4.